The number of nitrogens with one attached hydrogen (secondary N) is 1. The molecule has 0 saturated carbocycles. The van der Waals surface area contributed by atoms with E-state index < -0.39 is 0 Å². The van der Waals surface area contributed by atoms with E-state index in [4.69, 9.17) is 9.47 Å². The first kappa shape index (κ1) is 9.03. The predicted octanol–water partition coefficient (Wildman–Crippen LogP) is 2.55. The maximum atomic E-state index is 5.30. The van der Waals surface area contributed by atoms with Crippen molar-refractivity contribution in [3.8, 4) is 11.5 Å². The molecule has 2 heterocycles. The Bertz CT molecular complexity index is 500. The largest absolute Gasteiger partial charge is 0.454 e. The summed E-state index contributed by atoms with van der Waals surface area (Å²) in [6.07, 6.45) is 3.49. The fraction of sp³-hybridized carbons (Fsp3) is 0.0833. The molecule has 0 atom stereocenters. The zero-order chi connectivity index (χ0) is 10.8. The van der Waals surface area contributed by atoms with Gasteiger partial charge >= 0.3 is 0 Å². The summed E-state index contributed by atoms with van der Waals surface area (Å²) < 4.78 is 10.5. The highest BCUT2D eigenvalue weighted by atomic mass is 16.7. The van der Waals surface area contributed by atoms with Gasteiger partial charge in [-0.1, -0.05) is 0 Å². The summed E-state index contributed by atoms with van der Waals surface area (Å²) in [7, 11) is 0. The fourth-order valence-corrected chi connectivity index (χ4v) is 1.58. The first-order valence-corrected chi connectivity index (χ1v) is 4.98. The number of hydrogen-bond acceptors (Lipinski definition) is 4. The van der Waals surface area contributed by atoms with Crippen LogP contribution in [0.15, 0.2) is 42.7 Å². The van der Waals surface area contributed by atoms with Crippen molar-refractivity contribution >= 4 is 11.4 Å². The van der Waals surface area contributed by atoms with Gasteiger partial charge in [0, 0.05) is 29.8 Å². The van der Waals surface area contributed by atoms with Gasteiger partial charge in [0.2, 0.25) is 6.79 Å². The standard InChI is InChI=1S/C12H10N2O2/c1-2-11-12(16-8-15-11)7-10(1)14-9-3-5-13-6-4-9/h1-7H,8H2,(H,13,14). The molecule has 0 aliphatic carbocycles. The number of pyridine rings is 1. The van der Waals surface area contributed by atoms with Crippen molar-refractivity contribution in [1.29, 1.82) is 0 Å². The molecule has 4 nitrogen and oxygen atoms in total. The van der Waals surface area contributed by atoms with Gasteiger partial charge in [-0.05, 0) is 24.3 Å². The van der Waals surface area contributed by atoms with Crippen LogP contribution >= 0.6 is 0 Å². The Morgan fingerprint density at radius 1 is 0.938 bits per heavy atom. The van der Waals surface area contributed by atoms with E-state index >= 15 is 0 Å². The highest BCUT2D eigenvalue weighted by molar-refractivity contribution is 5.63. The lowest BCUT2D eigenvalue weighted by Gasteiger charge is -2.06. The minimum Gasteiger partial charge on any atom is -0.454 e. The molecule has 1 aliphatic rings. The predicted molar refractivity (Wildman–Crippen MR) is 60.1 cm³/mol. The van der Waals surface area contributed by atoms with E-state index in [1.165, 1.54) is 0 Å². The van der Waals surface area contributed by atoms with E-state index in [0.717, 1.165) is 22.9 Å². The monoisotopic (exact) mass is 214 g/mol. The fourth-order valence-electron chi connectivity index (χ4n) is 1.58. The maximum Gasteiger partial charge on any atom is 0.231 e. The van der Waals surface area contributed by atoms with Crippen LogP contribution in [0.25, 0.3) is 0 Å². The van der Waals surface area contributed by atoms with Gasteiger partial charge < -0.3 is 14.8 Å². The molecule has 0 bridgehead atoms. The third kappa shape index (κ3) is 1.65. The Morgan fingerprint density at radius 2 is 1.75 bits per heavy atom. The molecule has 1 aliphatic heterocycles. The first-order chi connectivity index (χ1) is 7.92. The van der Waals surface area contributed by atoms with Gasteiger partial charge in [-0.3, -0.25) is 4.98 Å². The molecule has 0 radical (unpaired) electrons. The third-order valence-electron chi connectivity index (χ3n) is 2.34. The lowest BCUT2D eigenvalue weighted by atomic mass is 10.2. The molecule has 80 valence electrons. The number of anilines is 2. The molecule has 16 heavy (non-hydrogen) atoms. The quantitative estimate of drug-likeness (QED) is 0.834. The maximum absolute atomic E-state index is 5.30. The van der Waals surface area contributed by atoms with E-state index in [2.05, 4.69) is 10.3 Å². The molecule has 0 saturated heterocycles. The lowest BCUT2D eigenvalue weighted by Crippen LogP contribution is -1.93. The molecule has 4 heteroatoms. The summed E-state index contributed by atoms with van der Waals surface area (Å²) in [6.45, 7) is 0.300. The van der Waals surface area contributed by atoms with E-state index in [9.17, 15) is 0 Å². The van der Waals surface area contributed by atoms with Gasteiger partial charge in [-0.2, -0.15) is 0 Å². The van der Waals surface area contributed by atoms with E-state index in [1.807, 2.05) is 30.3 Å². The highest BCUT2D eigenvalue weighted by Gasteiger charge is 2.12. The summed E-state index contributed by atoms with van der Waals surface area (Å²) in [5, 5.41) is 3.26. The SMILES string of the molecule is c1cc(Nc2ccc3c(c2)OCO3)ccn1. The number of hydrogen-bond donors (Lipinski definition) is 1. The number of aromatic nitrogens is 1. The van der Waals surface area contributed by atoms with E-state index in [-0.39, 0.29) is 0 Å². The van der Waals surface area contributed by atoms with Crippen LogP contribution in [0.5, 0.6) is 11.5 Å². The average Bonchev–Trinajstić information content (AvgIpc) is 2.77. The van der Waals surface area contributed by atoms with Crippen LogP contribution in [0.4, 0.5) is 11.4 Å². The van der Waals surface area contributed by atoms with Crippen LogP contribution in [0, 0.1) is 0 Å². The van der Waals surface area contributed by atoms with Gasteiger partial charge in [-0.15, -0.1) is 0 Å². The van der Waals surface area contributed by atoms with Gasteiger partial charge in [0.15, 0.2) is 11.5 Å². The minimum atomic E-state index is 0.300. The average molecular weight is 214 g/mol. The molecule has 3 rings (SSSR count). The Balaban J connectivity index is 1.86. The van der Waals surface area contributed by atoms with Crippen molar-refractivity contribution in [1.82, 2.24) is 4.98 Å². The second kappa shape index (κ2) is 3.73. The Kier molecular flexibility index (Phi) is 2.11. The van der Waals surface area contributed by atoms with Crippen LogP contribution in [-0.4, -0.2) is 11.8 Å². The van der Waals surface area contributed by atoms with Crippen molar-refractivity contribution in [2.45, 2.75) is 0 Å². The summed E-state index contributed by atoms with van der Waals surface area (Å²) in [5.74, 6) is 1.57. The van der Waals surface area contributed by atoms with Gasteiger partial charge in [0.1, 0.15) is 0 Å². The van der Waals surface area contributed by atoms with Crippen LogP contribution in [0.3, 0.4) is 0 Å². The number of benzene rings is 1. The number of fused-ring (bicyclic) bond motifs is 1. The minimum absolute atomic E-state index is 0.300. The zero-order valence-electron chi connectivity index (χ0n) is 8.51. The summed E-state index contributed by atoms with van der Waals surface area (Å²) >= 11 is 0. The normalized spacial score (nSPS) is 12.5. The van der Waals surface area contributed by atoms with Crippen molar-refractivity contribution in [2.75, 3.05) is 12.1 Å². The molecule has 1 aromatic heterocycles. The van der Waals surface area contributed by atoms with Gasteiger partial charge in [0.25, 0.3) is 0 Å². The van der Waals surface area contributed by atoms with Crippen molar-refractivity contribution in [2.24, 2.45) is 0 Å². The number of nitrogens with zero attached hydrogens (tertiary/aromatic N) is 1. The number of rotatable bonds is 2. The summed E-state index contributed by atoms with van der Waals surface area (Å²) in [6, 6.07) is 9.58. The molecule has 0 spiro atoms. The van der Waals surface area contributed by atoms with E-state index in [0.29, 0.717) is 6.79 Å². The summed E-state index contributed by atoms with van der Waals surface area (Å²) in [5.41, 5.74) is 1.96. The smallest absolute Gasteiger partial charge is 0.231 e. The van der Waals surface area contributed by atoms with Crippen molar-refractivity contribution in [3.05, 3.63) is 42.7 Å². The molecule has 0 unspecified atom stereocenters. The topological polar surface area (TPSA) is 43.4 Å². The molecule has 2 aromatic rings. The molecule has 1 N–H and O–H groups in total. The van der Waals surface area contributed by atoms with Crippen LogP contribution in [0.2, 0.25) is 0 Å². The lowest BCUT2D eigenvalue weighted by molar-refractivity contribution is 0.174. The van der Waals surface area contributed by atoms with Crippen molar-refractivity contribution < 1.29 is 9.47 Å². The summed E-state index contributed by atoms with van der Waals surface area (Å²) in [4.78, 5) is 3.96. The molecule has 0 fully saturated rings. The Labute approximate surface area is 92.8 Å². The van der Waals surface area contributed by atoms with Crippen molar-refractivity contribution in [3.63, 3.8) is 0 Å². The van der Waals surface area contributed by atoms with Crippen LogP contribution < -0.4 is 14.8 Å². The number of ether oxygens (including phenoxy) is 2. The first-order valence-electron chi connectivity index (χ1n) is 4.98. The molecular formula is C12H10N2O2. The Morgan fingerprint density at radius 3 is 2.62 bits per heavy atom. The third-order valence-corrected chi connectivity index (χ3v) is 2.34. The second-order valence-electron chi connectivity index (χ2n) is 3.43. The zero-order valence-corrected chi connectivity index (χ0v) is 8.51. The Hall–Kier alpha value is -2.23. The van der Waals surface area contributed by atoms with Crippen LogP contribution in [0.1, 0.15) is 0 Å². The van der Waals surface area contributed by atoms with Gasteiger partial charge in [0.05, 0.1) is 0 Å². The molecular weight excluding hydrogens is 204 g/mol. The van der Waals surface area contributed by atoms with Crippen LogP contribution in [-0.2, 0) is 0 Å². The van der Waals surface area contributed by atoms with Gasteiger partial charge in [-0.25, -0.2) is 0 Å². The van der Waals surface area contributed by atoms with E-state index in [1.54, 1.807) is 12.4 Å². The molecule has 0 amide bonds. The second-order valence-corrected chi connectivity index (χ2v) is 3.43. The molecule has 1 aromatic carbocycles. The highest BCUT2D eigenvalue weighted by Crippen LogP contribution is 2.34.